The zero-order valence-electron chi connectivity index (χ0n) is 10.8. The number of nitrogens with one attached hydrogen (secondary N) is 1. The molecule has 0 spiro atoms. The molecule has 0 unspecified atom stereocenters. The lowest BCUT2D eigenvalue weighted by molar-refractivity contribution is -0.118. The summed E-state index contributed by atoms with van der Waals surface area (Å²) in [5.74, 6) is 0.302. The van der Waals surface area contributed by atoms with Crippen molar-refractivity contribution in [3.63, 3.8) is 0 Å². The second-order valence-electron chi connectivity index (χ2n) is 4.25. The SMILES string of the molecule is Cc1ccc(Cl)c(OCC(=O)Nc2ccccc2I)c1. The number of carbonyl (C=O) groups is 1. The van der Waals surface area contributed by atoms with E-state index < -0.39 is 0 Å². The molecular formula is C15H13ClINO2. The monoisotopic (exact) mass is 401 g/mol. The minimum Gasteiger partial charge on any atom is -0.482 e. The topological polar surface area (TPSA) is 38.3 Å². The van der Waals surface area contributed by atoms with Gasteiger partial charge in [-0.3, -0.25) is 4.79 Å². The highest BCUT2D eigenvalue weighted by molar-refractivity contribution is 14.1. The molecule has 104 valence electrons. The molecule has 0 atom stereocenters. The van der Waals surface area contributed by atoms with E-state index in [4.69, 9.17) is 16.3 Å². The molecule has 0 saturated carbocycles. The van der Waals surface area contributed by atoms with Crippen molar-refractivity contribution in [2.24, 2.45) is 0 Å². The summed E-state index contributed by atoms with van der Waals surface area (Å²) >= 11 is 8.17. The third kappa shape index (κ3) is 4.11. The van der Waals surface area contributed by atoms with E-state index in [2.05, 4.69) is 27.9 Å². The minimum atomic E-state index is -0.216. The van der Waals surface area contributed by atoms with E-state index in [1.165, 1.54) is 0 Å². The van der Waals surface area contributed by atoms with Crippen molar-refractivity contribution < 1.29 is 9.53 Å². The number of hydrogen-bond acceptors (Lipinski definition) is 2. The molecule has 0 radical (unpaired) electrons. The molecule has 0 aliphatic rings. The Morgan fingerprint density at radius 3 is 2.80 bits per heavy atom. The van der Waals surface area contributed by atoms with Gasteiger partial charge < -0.3 is 10.1 Å². The Kier molecular flexibility index (Phi) is 5.25. The van der Waals surface area contributed by atoms with Crippen LogP contribution in [0.2, 0.25) is 5.02 Å². The third-order valence-electron chi connectivity index (χ3n) is 2.59. The molecule has 1 N–H and O–H groups in total. The second kappa shape index (κ2) is 6.95. The molecular weight excluding hydrogens is 389 g/mol. The van der Waals surface area contributed by atoms with E-state index >= 15 is 0 Å². The lowest BCUT2D eigenvalue weighted by Gasteiger charge is -2.10. The number of halogens is 2. The number of rotatable bonds is 4. The molecule has 1 amide bonds. The van der Waals surface area contributed by atoms with Crippen molar-refractivity contribution >= 4 is 45.8 Å². The van der Waals surface area contributed by atoms with Gasteiger partial charge in [-0.05, 0) is 59.3 Å². The molecule has 0 fully saturated rings. The van der Waals surface area contributed by atoms with E-state index in [0.717, 1.165) is 14.8 Å². The predicted molar refractivity (Wildman–Crippen MR) is 89.5 cm³/mol. The van der Waals surface area contributed by atoms with Crippen molar-refractivity contribution in [3.8, 4) is 5.75 Å². The molecule has 0 aliphatic heterocycles. The van der Waals surface area contributed by atoms with Crippen LogP contribution in [-0.4, -0.2) is 12.5 Å². The highest BCUT2D eigenvalue weighted by Crippen LogP contribution is 2.25. The summed E-state index contributed by atoms with van der Waals surface area (Å²) in [5, 5.41) is 3.30. The number of para-hydroxylation sites is 1. The van der Waals surface area contributed by atoms with Crippen LogP contribution in [0, 0.1) is 10.5 Å². The molecule has 2 aromatic rings. The maximum Gasteiger partial charge on any atom is 0.262 e. The molecule has 0 saturated heterocycles. The van der Waals surface area contributed by atoms with Crippen LogP contribution in [0.15, 0.2) is 42.5 Å². The number of anilines is 1. The molecule has 20 heavy (non-hydrogen) atoms. The first-order chi connectivity index (χ1) is 9.56. The normalized spacial score (nSPS) is 10.2. The first-order valence-electron chi connectivity index (χ1n) is 5.99. The smallest absolute Gasteiger partial charge is 0.262 e. The van der Waals surface area contributed by atoms with Gasteiger partial charge in [0.05, 0.1) is 10.7 Å². The summed E-state index contributed by atoms with van der Waals surface area (Å²) in [7, 11) is 0. The number of amides is 1. The van der Waals surface area contributed by atoms with Gasteiger partial charge in [-0.2, -0.15) is 0 Å². The summed E-state index contributed by atoms with van der Waals surface area (Å²) in [6, 6.07) is 13.0. The van der Waals surface area contributed by atoms with Crippen LogP contribution in [0.3, 0.4) is 0 Å². The number of carbonyl (C=O) groups excluding carboxylic acids is 1. The standard InChI is InChI=1S/C15H13ClINO2/c1-10-6-7-11(16)14(8-10)20-9-15(19)18-13-5-3-2-4-12(13)17/h2-8H,9H2,1H3,(H,18,19). The number of benzene rings is 2. The second-order valence-corrected chi connectivity index (χ2v) is 5.82. The van der Waals surface area contributed by atoms with E-state index in [-0.39, 0.29) is 12.5 Å². The Balaban J connectivity index is 1.96. The lowest BCUT2D eigenvalue weighted by atomic mass is 10.2. The highest BCUT2D eigenvalue weighted by Gasteiger charge is 2.08. The average molecular weight is 402 g/mol. The van der Waals surface area contributed by atoms with E-state index in [9.17, 15) is 4.79 Å². The summed E-state index contributed by atoms with van der Waals surface area (Å²) in [6.45, 7) is 1.86. The average Bonchev–Trinajstić information content (AvgIpc) is 2.42. The van der Waals surface area contributed by atoms with Gasteiger partial charge in [-0.1, -0.05) is 29.8 Å². The Labute approximate surface area is 136 Å². The van der Waals surface area contributed by atoms with Crippen molar-refractivity contribution in [1.29, 1.82) is 0 Å². The first-order valence-corrected chi connectivity index (χ1v) is 7.45. The van der Waals surface area contributed by atoms with Gasteiger partial charge >= 0.3 is 0 Å². The summed E-state index contributed by atoms with van der Waals surface area (Å²) in [4.78, 5) is 11.9. The van der Waals surface area contributed by atoms with Gasteiger partial charge in [0, 0.05) is 3.57 Å². The van der Waals surface area contributed by atoms with Gasteiger partial charge in [0.1, 0.15) is 5.75 Å². The minimum absolute atomic E-state index is 0.0753. The van der Waals surface area contributed by atoms with Gasteiger partial charge in [0.25, 0.3) is 5.91 Å². The molecule has 3 nitrogen and oxygen atoms in total. The quantitative estimate of drug-likeness (QED) is 0.777. The van der Waals surface area contributed by atoms with E-state index in [1.54, 1.807) is 6.07 Å². The molecule has 0 aromatic heterocycles. The van der Waals surface area contributed by atoms with Crippen LogP contribution in [0.1, 0.15) is 5.56 Å². The predicted octanol–water partition coefficient (Wildman–Crippen LogP) is 4.27. The van der Waals surface area contributed by atoms with Gasteiger partial charge in [-0.15, -0.1) is 0 Å². The fraction of sp³-hybridized carbons (Fsp3) is 0.133. The van der Waals surface area contributed by atoms with E-state index in [0.29, 0.717) is 10.8 Å². The van der Waals surface area contributed by atoms with Crippen LogP contribution in [0.4, 0.5) is 5.69 Å². The Morgan fingerprint density at radius 1 is 1.30 bits per heavy atom. The molecule has 5 heteroatoms. The van der Waals surface area contributed by atoms with Crippen LogP contribution in [-0.2, 0) is 4.79 Å². The number of ether oxygens (including phenoxy) is 1. The summed E-state index contributed by atoms with van der Waals surface area (Å²) < 4.78 is 6.42. The molecule has 2 aromatic carbocycles. The Bertz CT molecular complexity index is 631. The molecule has 2 rings (SSSR count). The maximum atomic E-state index is 11.9. The zero-order chi connectivity index (χ0) is 14.5. The van der Waals surface area contributed by atoms with E-state index in [1.807, 2.05) is 43.3 Å². The Hall–Kier alpha value is -1.27. The fourth-order valence-electron chi connectivity index (χ4n) is 1.61. The Morgan fingerprint density at radius 2 is 2.05 bits per heavy atom. The summed E-state index contributed by atoms with van der Waals surface area (Å²) in [6.07, 6.45) is 0. The number of hydrogen-bond donors (Lipinski definition) is 1. The van der Waals surface area contributed by atoms with Gasteiger partial charge in [0.2, 0.25) is 0 Å². The molecule has 0 heterocycles. The van der Waals surface area contributed by atoms with Crippen LogP contribution in [0.5, 0.6) is 5.75 Å². The largest absolute Gasteiger partial charge is 0.482 e. The zero-order valence-corrected chi connectivity index (χ0v) is 13.7. The maximum absolute atomic E-state index is 11.9. The molecule has 0 aliphatic carbocycles. The lowest BCUT2D eigenvalue weighted by Crippen LogP contribution is -2.20. The highest BCUT2D eigenvalue weighted by atomic mass is 127. The van der Waals surface area contributed by atoms with Crippen molar-refractivity contribution in [2.75, 3.05) is 11.9 Å². The third-order valence-corrected chi connectivity index (χ3v) is 3.85. The van der Waals surface area contributed by atoms with Crippen LogP contribution < -0.4 is 10.1 Å². The van der Waals surface area contributed by atoms with Crippen molar-refractivity contribution in [1.82, 2.24) is 0 Å². The van der Waals surface area contributed by atoms with Crippen molar-refractivity contribution in [3.05, 3.63) is 56.6 Å². The molecule has 0 bridgehead atoms. The van der Waals surface area contributed by atoms with Crippen molar-refractivity contribution in [2.45, 2.75) is 6.92 Å². The van der Waals surface area contributed by atoms with Crippen LogP contribution in [0.25, 0.3) is 0 Å². The van der Waals surface area contributed by atoms with Gasteiger partial charge in [0.15, 0.2) is 6.61 Å². The fourth-order valence-corrected chi connectivity index (χ4v) is 2.31. The first kappa shape index (κ1) is 15.1. The van der Waals surface area contributed by atoms with Gasteiger partial charge in [-0.25, -0.2) is 0 Å². The number of aryl methyl sites for hydroxylation is 1. The summed E-state index contributed by atoms with van der Waals surface area (Å²) in [5.41, 5.74) is 1.81. The van der Waals surface area contributed by atoms with Crippen LogP contribution >= 0.6 is 34.2 Å².